The third-order valence-electron chi connectivity index (χ3n) is 4.59. The van der Waals surface area contributed by atoms with E-state index in [1.807, 2.05) is 25.1 Å². The second kappa shape index (κ2) is 8.56. The fourth-order valence-corrected chi connectivity index (χ4v) is 3.40. The van der Waals surface area contributed by atoms with Gasteiger partial charge in [-0.15, -0.1) is 0 Å². The summed E-state index contributed by atoms with van der Waals surface area (Å²) in [5.41, 5.74) is 5.39. The third-order valence-corrected chi connectivity index (χ3v) is 5.80. The Labute approximate surface area is 167 Å². The van der Waals surface area contributed by atoms with Crippen LogP contribution in [-0.4, -0.2) is 33.3 Å². The highest BCUT2D eigenvalue weighted by Crippen LogP contribution is 2.27. The first-order valence-corrected chi connectivity index (χ1v) is 10.8. The first kappa shape index (κ1) is 21.6. The number of amides is 1. The molecule has 0 aliphatic heterocycles. The number of sulfonamides is 1. The second-order valence-corrected chi connectivity index (χ2v) is 9.51. The molecule has 2 aromatic rings. The smallest absolute Gasteiger partial charge is 0.271 e. The molecule has 1 N–H and O–H groups in total. The van der Waals surface area contributed by atoms with Gasteiger partial charge in [0, 0.05) is 18.3 Å². The van der Waals surface area contributed by atoms with Crippen LogP contribution in [0.15, 0.2) is 59.7 Å². The molecule has 7 heteroatoms. The maximum absolute atomic E-state index is 12.3. The van der Waals surface area contributed by atoms with Crippen LogP contribution in [0.4, 0.5) is 5.69 Å². The zero-order valence-electron chi connectivity index (χ0n) is 16.9. The van der Waals surface area contributed by atoms with Crippen molar-refractivity contribution in [2.45, 2.75) is 32.6 Å². The molecule has 0 spiro atoms. The van der Waals surface area contributed by atoms with Crippen molar-refractivity contribution in [1.29, 1.82) is 0 Å². The van der Waals surface area contributed by atoms with Crippen LogP contribution in [0, 0.1) is 0 Å². The van der Waals surface area contributed by atoms with Crippen LogP contribution < -0.4 is 9.73 Å². The van der Waals surface area contributed by atoms with Crippen molar-refractivity contribution in [3.63, 3.8) is 0 Å². The summed E-state index contributed by atoms with van der Waals surface area (Å²) in [5.74, 6) is -0.342. The van der Waals surface area contributed by atoms with Gasteiger partial charge in [-0.2, -0.15) is 5.10 Å². The van der Waals surface area contributed by atoms with E-state index in [0.717, 1.165) is 16.3 Å². The molecular formula is C21H27N3O3S. The van der Waals surface area contributed by atoms with Crippen LogP contribution in [0.3, 0.4) is 0 Å². The van der Waals surface area contributed by atoms with E-state index in [9.17, 15) is 13.2 Å². The fourth-order valence-electron chi connectivity index (χ4n) is 2.90. The minimum atomic E-state index is -3.34. The quantitative estimate of drug-likeness (QED) is 0.569. The van der Waals surface area contributed by atoms with E-state index in [-0.39, 0.29) is 11.3 Å². The van der Waals surface area contributed by atoms with Crippen molar-refractivity contribution in [2.24, 2.45) is 5.10 Å². The molecule has 0 saturated carbocycles. The molecule has 1 amide bonds. The van der Waals surface area contributed by atoms with E-state index in [0.29, 0.717) is 17.7 Å². The SMILES string of the molecule is C/C(CC(C)(C)c1ccccc1)=N/NC(=O)c1ccc(N(C)S(C)(=O)=O)cc1. The lowest BCUT2D eigenvalue weighted by molar-refractivity contribution is 0.0954. The van der Waals surface area contributed by atoms with Gasteiger partial charge in [-0.3, -0.25) is 9.10 Å². The molecule has 2 rings (SSSR count). The van der Waals surface area contributed by atoms with E-state index >= 15 is 0 Å². The number of carbonyl (C=O) groups is 1. The molecule has 0 aliphatic rings. The van der Waals surface area contributed by atoms with Gasteiger partial charge in [0.25, 0.3) is 5.91 Å². The summed E-state index contributed by atoms with van der Waals surface area (Å²) in [6.07, 6.45) is 1.83. The number of hydrogen-bond donors (Lipinski definition) is 1. The maximum atomic E-state index is 12.3. The molecule has 150 valence electrons. The molecule has 2 aromatic carbocycles. The Balaban J connectivity index is 2.02. The molecule has 0 saturated heterocycles. The highest BCUT2D eigenvalue weighted by atomic mass is 32.2. The summed E-state index contributed by atoms with van der Waals surface area (Å²) in [6, 6.07) is 16.5. The lowest BCUT2D eigenvalue weighted by Gasteiger charge is -2.25. The standard InChI is InChI=1S/C21H27N3O3S/c1-16(15-21(2,3)18-9-7-6-8-10-18)22-23-20(25)17-11-13-19(14-12-17)24(4)28(5,26)27/h6-14H,15H2,1-5H3,(H,23,25)/b22-16-. The first-order chi connectivity index (χ1) is 13.0. The summed E-state index contributed by atoms with van der Waals surface area (Å²) in [5, 5.41) is 4.22. The average molecular weight is 402 g/mol. The minimum Gasteiger partial charge on any atom is -0.274 e. The van der Waals surface area contributed by atoms with Crippen molar-refractivity contribution < 1.29 is 13.2 Å². The van der Waals surface area contributed by atoms with Crippen molar-refractivity contribution in [1.82, 2.24) is 5.43 Å². The number of hydrogen-bond acceptors (Lipinski definition) is 4. The molecule has 0 heterocycles. The molecular weight excluding hydrogens is 374 g/mol. The highest BCUT2D eigenvalue weighted by molar-refractivity contribution is 7.92. The average Bonchev–Trinajstić information content (AvgIpc) is 2.65. The summed E-state index contributed by atoms with van der Waals surface area (Å²) in [6.45, 7) is 6.16. The number of carbonyl (C=O) groups excluding carboxylic acids is 1. The van der Waals surface area contributed by atoms with Gasteiger partial charge >= 0.3 is 0 Å². The van der Waals surface area contributed by atoms with Crippen LogP contribution in [0.25, 0.3) is 0 Å². The normalized spacial score (nSPS) is 12.5. The summed E-state index contributed by atoms with van der Waals surface area (Å²) >= 11 is 0. The minimum absolute atomic E-state index is 0.0998. The number of rotatable bonds is 7. The molecule has 0 aromatic heterocycles. The van der Waals surface area contributed by atoms with E-state index < -0.39 is 10.0 Å². The van der Waals surface area contributed by atoms with Gasteiger partial charge in [-0.25, -0.2) is 13.8 Å². The van der Waals surface area contributed by atoms with Crippen molar-refractivity contribution in [3.8, 4) is 0 Å². The van der Waals surface area contributed by atoms with Crippen molar-refractivity contribution in [3.05, 3.63) is 65.7 Å². The summed E-state index contributed by atoms with van der Waals surface area (Å²) in [7, 11) is -1.88. The monoisotopic (exact) mass is 401 g/mol. The Morgan fingerprint density at radius 2 is 1.64 bits per heavy atom. The molecule has 0 unspecified atom stereocenters. The summed E-state index contributed by atoms with van der Waals surface area (Å²) < 4.78 is 24.3. The predicted molar refractivity (Wildman–Crippen MR) is 114 cm³/mol. The van der Waals surface area contributed by atoms with Gasteiger partial charge in [-0.05, 0) is 48.6 Å². The topological polar surface area (TPSA) is 78.8 Å². The zero-order chi connectivity index (χ0) is 20.9. The zero-order valence-corrected chi connectivity index (χ0v) is 17.7. The van der Waals surface area contributed by atoms with Gasteiger partial charge in [0.1, 0.15) is 0 Å². The molecule has 0 atom stereocenters. The molecule has 0 bridgehead atoms. The van der Waals surface area contributed by atoms with Gasteiger partial charge in [0.15, 0.2) is 0 Å². The maximum Gasteiger partial charge on any atom is 0.271 e. The van der Waals surface area contributed by atoms with Crippen molar-refractivity contribution in [2.75, 3.05) is 17.6 Å². The Hall–Kier alpha value is -2.67. The van der Waals surface area contributed by atoms with Crippen LogP contribution in [0.1, 0.15) is 43.1 Å². The number of anilines is 1. The third kappa shape index (κ3) is 5.66. The number of nitrogens with zero attached hydrogens (tertiary/aromatic N) is 2. The largest absolute Gasteiger partial charge is 0.274 e. The fraction of sp³-hybridized carbons (Fsp3) is 0.333. The van der Waals surface area contributed by atoms with Gasteiger partial charge in [0.05, 0.1) is 11.9 Å². The molecule has 0 aliphatic carbocycles. The number of benzene rings is 2. The van der Waals surface area contributed by atoms with Crippen LogP contribution in [-0.2, 0) is 15.4 Å². The first-order valence-electron chi connectivity index (χ1n) is 8.94. The molecule has 0 fully saturated rings. The van der Waals surface area contributed by atoms with E-state index in [1.165, 1.54) is 12.6 Å². The highest BCUT2D eigenvalue weighted by Gasteiger charge is 2.21. The van der Waals surface area contributed by atoms with Crippen LogP contribution >= 0.6 is 0 Å². The Morgan fingerprint density at radius 3 is 2.18 bits per heavy atom. The second-order valence-electron chi connectivity index (χ2n) is 7.49. The van der Waals surface area contributed by atoms with Crippen LogP contribution in [0.5, 0.6) is 0 Å². The molecule has 0 radical (unpaired) electrons. The molecule has 6 nitrogen and oxygen atoms in total. The number of hydrazone groups is 1. The Morgan fingerprint density at radius 1 is 1.07 bits per heavy atom. The van der Waals surface area contributed by atoms with Gasteiger partial charge in [0.2, 0.25) is 10.0 Å². The van der Waals surface area contributed by atoms with E-state index in [4.69, 9.17) is 0 Å². The number of nitrogens with one attached hydrogen (secondary N) is 1. The predicted octanol–water partition coefficient (Wildman–Crippen LogP) is 3.56. The van der Waals surface area contributed by atoms with Crippen LogP contribution in [0.2, 0.25) is 0 Å². The lowest BCUT2D eigenvalue weighted by Crippen LogP contribution is -2.25. The van der Waals surface area contributed by atoms with E-state index in [2.05, 4.69) is 36.5 Å². The van der Waals surface area contributed by atoms with Crippen molar-refractivity contribution >= 4 is 27.3 Å². The van der Waals surface area contributed by atoms with E-state index in [1.54, 1.807) is 24.3 Å². The van der Waals surface area contributed by atoms with Gasteiger partial charge in [-0.1, -0.05) is 44.2 Å². The Bertz CT molecular complexity index is 950. The van der Waals surface area contributed by atoms with Gasteiger partial charge < -0.3 is 0 Å². The summed E-state index contributed by atoms with van der Waals surface area (Å²) in [4.78, 5) is 12.3. The Kier molecular flexibility index (Phi) is 6.61. The lowest BCUT2D eigenvalue weighted by atomic mass is 9.80. The molecule has 28 heavy (non-hydrogen) atoms.